The third-order valence-corrected chi connectivity index (χ3v) is 6.89. The molecule has 2 aliphatic rings. The third kappa shape index (κ3) is 5.46. The monoisotopic (exact) mass is 523 g/mol. The zero-order valence-electron chi connectivity index (χ0n) is 21.5. The lowest BCUT2D eigenvalue weighted by atomic mass is 9.95. The van der Waals surface area contributed by atoms with Crippen molar-refractivity contribution in [1.82, 2.24) is 15.4 Å². The SMILES string of the molecule is CC(C)C1=CN=C(C2CCN(c3ncnc4c(-c5ccc(COCCO)c(F)c5)cc(F)cc34)CC2)NO1. The summed E-state index contributed by atoms with van der Waals surface area (Å²) in [7, 11) is 0. The molecule has 2 aliphatic heterocycles. The second-order valence-electron chi connectivity index (χ2n) is 9.80. The number of nitrogens with zero attached hydrogens (tertiary/aromatic N) is 4. The Hall–Kier alpha value is -3.63. The normalized spacial score (nSPS) is 16.3. The van der Waals surface area contributed by atoms with E-state index in [0.29, 0.717) is 46.5 Å². The van der Waals surface area contributed by atoms with Crippen molar-refractivity contribution in [2.24, 2.45) is 16.8 Å². The minimum absolute atomic E-state index is 0.0437. The average molecular weight is 524 g/mol. The van der Waals surface area contributed by atoms with Crippen LogP contribution in [0.1, 0.15) is 32.3 Å². The molecule has 5 rings (SSSR count). The molecule has 3 heterocycles. The first-order valence-corrected chi connectivity index (χ1v) is 12.8. The molecule has 0 atom stereocenters. The smallest absolute Gasteiger partial charge is 0.152 e. The summed E-state index contributed by atoms with van der Waals surface area (Å²) in [6, 6.07) is 7.50. The summed E-state index contributed by atoms with van der Waals surface area (Å²) in [5, 5.41) is 9.44. The van der Waals surface area contributed by atoms with Gasteiger partial charge in [0.2, 0.25) is 0 Å². The molecule has 0 radical (unpaired) electrons. The number of allylic oxidation sites excluding steroid dienone is 1. The minimum Gasteiger partial charge on any atom is -0.394 e. The van der Waals surface area contributed by atoms with Crippen LogP contribution in [0.2, 0.25) is 0 Å². The van der Waals surface area contributed by atoms with Crippen molar-refractivity contribution >= 4 is 22.6 Å². The fourth-order valence-corrected chi connectivity index (χ4v) is 4.79. The Morgan fingerprint density at radius 3 is 2.66 bits per heavy atom. The van der Waals surface area contributed by atoms with Crippen LogP contribution in [0, 0.1) is 23.5 Å². The molecular weight excluding hydrogens is 492 g/mol. The summed E-state index contributed by atoms with van der Waals surface area (Å²) in [6.45, 7) is 5.56. The highest BCUT2D eigenvalue weighted by atomic mass is 19.1. The van der Waals surface area contributed by atoms with Gasteiger partial charge in [0.15, 0.2) is 5.76 Å². The van der Waals surface area contributed by atoms with Crippen LogP contribution in [0.5, 0.6) is 0 Å². The molecule has 1 aromatic heterocycles. The number of piperidine rings is 1. The Balaban J connectivity index is 1.38. The molecule has 0 spiro atoms. The number of halogens is 2. The van der Waals surface area contributed by atoms with E-state index >= 15 is 0 Å². The van der Waals surface area contributed by atoms with Crippen molar-refractivity contribution in [2.75, 3.05) is 31.2 Å². The van der Waals surface area contributed by atoms with E-state index < -0.39 is 11.6 Å². The molecule has 0 amide bonds. The number of benzene rings is 2. The topological polar surface area (TPSA) is 92.1 Å². The highest BCUT2D eigenvalue weighted by molar-refractivity contribution is 5.99. The van der Waals surface area contributed by atoms with Crippen molar-refractivity contribution in [1.29, 1.82) is 0 Å². The maximum absolute atomic E-state index is 14.9. The van der Waals surface area contributed by atoms with Crippen molar-refractivity contribution < 1.29 is 23.5 Å². The van der Waals surface area contributed by atoms with Crippen LogP contribution in [0.3, 0.4) is 0 Å². The summed E-state index contributed by atoms with van der Waals surface area (Å²) in [5.41, 5.74) is 4.92. The van der Waals surface area contributed by atoms with E-state index in [2.05, 4.69) is 25.3 Å². The van der Waals surface area contributed by atoms with Gasteiger partial charge >= 0.3 is 0 Å². The number of nitrogens with one attached hydrogen (secondary N) is 1. The molecular formula is C28H31F2N5O3. The van der Waals surface area contributed by atoms with Gasteiger partial charge in [-0.1, -0.05) is 26.0 Å². The van der Waals surface area contributed by atoms with E-state index in [9.17, 15) is 8.78 Å². The van der Waals surface area contributed by atoms with Crippen LogP contribution in [0.4, 0.5) is 14.6 Å². The maximum Gasteiger partial charge on any atom is 0.152 e. The molecule has 0 saturated carbocycles. The van der Waals surface area contributed by atoms with Crippen molar-refractivity contribution in [2.45, 2.75) is 33.3 Å². The summed E-state index contributed by atoms with van der Waals surface area (Å²) in [5.74, 6) is 1.85. The van der Waals surface area contributed by atoms with E-state index in [-0.39, 0.29) is 31.7 Å². The number of aliphatic imine (C=N–C) groups is 1. The van der Waals surface area contributed by atoms with E-state index in [1.54, 1.807) is 18.3 Å². The summed E-state index contributed by atoms with van der Waals surface area (Å²) in [4.78, 5) is 21.3. The molecule has 0 aliphatic carbocycles. The Morgan fingerprint density at radius 1 is 1.16 bits per heavy atom. The molecule has 8 nitrogen and oxygen atoms in total. The van der Waals surface area contributed by atoms with Crippen LogP contribution in [0.15, 0.2) is 53.6 Å². The molecule has 0 unspecified atom stereocenters. The molecule has 3 aromatic rings. The molecule has 38 heavy (non-hydrogen) atoms. The Kier molecular flexibility index (Phi) is 7.80. The van der Waals surface area contributed by atoms with Gasteiger partial charge < -0.3 is 19.6 Å². The summed E-state index contributed by atoms with van der Waals surface area (Å²) >= 11 is 0. The van der Waals surface area contributed by atoms with Gasteiger partial charge in [-0.05, 0) is 36.6 Å². The van der Waals surface area contributed by atoms with Gasteiger partial charge in [0.25, 0.3) is 0 Å². The van der Waals surface area contributed by atoms with Gasteiger partial charge in [-0.2, -0.15) is 0 Å². The minimum atomic E-state index is -0.465. The quantitative estimate of drug-likeness (QED) is 0.413. The zero-order valence-corrected chi connectivity index (χ0v) is 21.5. The van der Waals surface area contributed by atoms with Crippen molar-refractivity contribution in [3.63, 3.8) is 0 Å². The van der Waals surface area contributed by atoms with Crippen LogP contribution in [-0.4, -0.2) is 47.2 Å². The second-order valence-corrected chi connectivity index (χ2v) is 9.80. The number of hydroxylamine groups is 1. The number of aliphatic hydroxyl groups is 1. The van der Waals surface area contributed by atoms with Gasteiger partial charge in [0, 0.05) is 41.4 Å². The number of rotatable bonds is 8. The number of ether oxygens (including phenoxy) is 1. The van der Waals surface area contributed by atoms with Crippen molar-refractivity contribution in [3.05, 3.63) is 65.8 Å². The number of fused-ring (bicyclic) bond motifs is 1. The molecule has 2 N–H and O–H groups in total. The first-order valence-electron chi connectivity index (χ1n) is 12.8. The Bertz CT molecular complexity index is 1370. The number of anilines is 1. The maximum atomic E-state index is 14.9. The Morgan fingerprint density at radius 2 is 1.97 bits per heavy atom. The highest BCUT2D eigenvalue weighted by Gasteiger charge is 2.27. The summed E-state index contributed by atoms with van der Waals surface area (Å²) in [6.07, 6.45) is 4.91. The van der Waals surface area contributed by atoms with Crippen LogP contribution in [-0.2, 0) is 16.2 Å². The van der Waals surface area contributed by atoms with Gasteiger partial charge in [-0.15, -0.1) is 0 Å². The fraction of sp³-hybridized carbons (Fsp3) is 0.393. The Labute approximate surface area is 220 Å². The van der Waals surface area contributed by atoms with E-state index in [1.807, 2.05) is 13.8 Å². The van der Waals surface area contributed by atoms with E-state index in [0.717, 1.165) is 24.4 Å². The summed E-state index contributed by atoms with van der Waals surface area (Å²) < 4.78 is 34.9. The number of aromatic nitrogens is 2. The van der Waals surface area contributed by atoms with Gasteiger partial charge in [0.1, 0.15) is 29.6 Å². The van der Waals surface area contributed by atoms with Crippen LogP contribution in [0.25, 0.3) is 22.0 Å². The van der Waals surface area contributed by atoms with Gasteiger partial charge in [0.05, 0.1) is 31.5 Å². The number of aliphatic hydroxyl groups excluding tert-OH is 1. The average Bonchev–Trinajstić information content (AvgIpc) is 2.93. The van der Waals surface area contributed by atoms with Gasteiger partial charge in [-0.3, -0.25) is 0 Å². The second kappa shape index (κ2) is 11.4. The predicted molar refractivity (Wildman–Crippen MR) is 141 cm³/mol. The first-order chi connectivity index (χ1) is 18.4. The highest BCUT2D eigenvalue weighted by Crippen LogP contribution is 2.35. The molecule has 1 fully saturated rings. The van der Waals surface area contributed by atoms with Crippen molar-refractivity contribution in [3.8, 4) is 11.1 Å². The lowest BCUT2D eigenvalue weighted by Crippen LogP contribution is -2.42. The molecule has 200 valence electrons. The van der Waals surface area contributed by atoms with Crippen LogP contribution >= 0.6 is 0 Å². The molecule has 2 aromatic carbocycles. The molecule has 0 bridgehead atoms. The number of hydrogen-bond donors (Lipinski definition) is 2. The number of amidine groups is 1. The van der Waals surface area contributed by atoms with E-state index in [1.165, 1.54) is 24.5 Å². The third-order valence-electron chi connectivity index (χ3n) is 6.89. The predicted octanol–water partition coefficient (Wildman–Crippen LogP) is 4.73. The lowest BCUT2D eigenvalue weighted by molar-refractivity contribution is 0.0799. The lowest BCUT2D eigenvalue weighted by Gasteiger charge is -2.34. The fourth-order valence-electron chi connectivity index (χ4n) is 4.79. The van der Waals surface area contributed by atoms with Gasteiger partial charge in [-0.25, -0.2) is 29.2 Å². The zero-order chi connectivity index (χ0) is 26.6. The van der Waals surface area contributed by atoms with E-state index in [4.69, 9.17) is 14.7 Å². The molecule has 10 heteroatoms. The molecule has 1 saturated heterocycles. The number of hydrogen-bond acceptors (Lipinski definition) is 8. The first kappa shape index (κ1) is 26.0. The standard InChI is InChI=1S/C28H31F2N5O3/c1-17(2)25-14-31-27(34-38-25)18-5-7-35(8-6-18)28-23-13-21(29)12-22(26(23)32-16-33-28)19-3-4-20(24(30)11-19)15-37-10-9-36/h3-4,11-14,16-18,36H,5-10,15H2,1-2H3,(H,31,34). The largest absolute Gasteiger partial charge is 0.394 e. The van der Waals surface area contributed by atoms with Crippen LogP contribution < -0.4 is 10.4 Å².